The second-order valence-corrected chi connectivity index (χ2v) is 7.17. The molecule has 1 aromatic heterocycles. The fourth-order valence-corrected chi connectivity index (χ4v) is 4.14. The van der Waals surface area contributed by atoms with Crippen molar-refractivity contribution in [1.82, 2.24) is 0 Å². The highest BCUT2D eigenvalue weighted by atomic mass is 127. The summed E-state index contributed by atoms with van der Waals surface area (Å²) in [5, 5.41) is 2.65. The Labute approximate surface area is 140 Å². The lowest BCUT2D eigenvalue weighted by molar-refractivity contribution is 1.65. The predicted molar refractivity (Wildman–Crippen MR) is 101 cm³/mol. The molecule has 4 rings (SSSR count). The third-order valence-electron chi connectivity index (χ3n) is 3.59. The Bertz CT molecular complexity index is 1020. The largest absolute Gasteiger partial charge is 0.135 e. The van der Waals surface area contributed by atoms with Gasteiger partial charge in [0.05, 0.1) is 3.58 Å². The quantitative estimate of drug-likeness (QED) is 0.415. The summed E-state index contributed by atoms with van der Waals surface area (Å²) in [6.07, 6.45) is 6.39. The van der Waals surface area contributed by atoms with Crippen molar-refractivity contribution < 1.29 is 0 Å². The molecule has 0 nitrogen and oxygen atoms in total. The molecule has 0 amide bonds. The summed E-state index contributed by atoms with van der Waals surface area (Å²) >= 11 is 4.18. The highest BCUT2D eigenvalue weighted by Gasteiger charge is 2.05. The van der Waals surface area contributed by atoms with Crippen molar-refractivity contribution in [3.8, 4) is 11.1 Å². The van der Waals surface area contributed by atoms with E-state index in [1.807, 2.05) is 17.4 Å². The van der Waals surface area contributed by atoms with Crippen molar-refractivity contribution in [2.24, 2.45) is 0 Å². The first kappa shape index (κ1) is 13.1. The summed E-state index contributed by atoms with van der Waals surface area (Å²) in [5.74, 6) is 0. The Kier molecular flexibility index (Phi) is 3.30. The van der Waals surface area contributed by atoms with E-state index in [0.717, 1.165) is 3.58 Å². The molecule has 2 heteroatoms. The van der Waals surface area contributed by atoms with Gasteiger partial charge in [0.1, 0.15) is 0 Å². The van der Waals surface area contributed by atoms with Gasteiger partial charge in [-0.25, -0.2) is 0 Å². The molecule has 0 N–H and O–H groups in total. The van der Waals surface area contributed by atoms with Crippen LogP contribution in [0.1, 0.15) is 0 Å². The van der Waals surface area contributed by atoms with E-state index in [1.54, 1.807) is 0 Å². The summed E-state index contributed by atoms with van der Waals surface area (Å²) in [6.45, 7) is 0. The molecule has 0 bridgehead atoms. The molecular weight excluding hydrogens is 387 g/mol. The van der Waals surface area contributed by atoms with Crippen LogP contribution < -0.4 is 9.75 Å². The average Bonchev–Trinajstić information content (AvgIpc) is 2.74. The van der Waals surface area contributed by atoms with E-state index in [2.05, 4.69) is 89.0 Å². The van der Waals surface area contributed by atoms with Crippen molar-refractivity contribution in [2.75, 3.05) is 0 Å². The molecule has 0 spiro atoms. The second-order valence-electron chi connectivity index (χ2n) is 4.93. The monoisotopic (exact) mass is 398 g/mol. The molecule has 0 aliphatic heterocycles. The first-order valence-corrected chi connectivity index (χ1v) is 8.63. The Morgan fingerprint density at radius 3 is 2.67 bits per heavy atom. The van der Waals surface area contributed by atoms with E-state index in [1.165, 1.54) is 31.0 Å². The average molecular weight is 398 g/mol. The normalized spacial score (nSPS) is 13.1. The minimum atomic E-state index is 1.15. The van der Waals surface area contributed by atoms with Crippen LogP contribution in [-0.2, 0) is 0 Å². The predicted octanol–water partition coefficient (Wildman–Crippen LogP) is 4.62. The number of hydrogen-bond acceptors (Lipinski definition) is 1. The zero-order valence-electron chi connectivity index (χ0n) is 11.1. The van der Waals surface area contributed by atoms with Gasteiger partial charge in [-0.3, -0.25) is 0 Å². The number of benzene rings is 2. The van der Waals surface area contributed by atoms with Crippen molar-refractivity contribution in [1.29, 1.82) is 0 Å². The van der Waals surface area contributed by atoms with Crippen LogP contribution in [0.5, 0.6) is 0 Å². The van der Waals surface area contributed by atoms with Crippen molar-refractivity contribution >= 4 is 56.2 Å². The molecule has 0 fully saturated rings. The topological polar surface area (TPSA) is 0 Å². The zero-order valence-corrected chi connectivity index (χ0v) is 14.1. The lowest BCUT2D eigenvalue weighted by Crippen LogP contribution is -2.17. The summed E-state index contributed by atoms with van der Waals surface area (Å²) in [7, 11) is 0. The fourth-order valence-electron chi connectivity index (χ4n) is 2.58. The van der Waals surface area contributed by atoms with Gasteiger partial charge < -0.3 is 0 Å². The first-order valence-electron chi connectivity index (χ1n) is 6.73. The molecule has 0 saturated carbocycles. The molecule has 0 unspecified atom stereocenters. The molecular formula is C19H11IS. The number of halogens is 1. The van der Waals surface area contributed by atoms with E-state index in [0.29, 0.717) is 0 Å². The molecule has 1 aliphatic rings. The van der Waals surface area contributed by atoms with Crippen LogP contribution in [-0.4, -0.2) is 0 Å². The number of allylic oxidation sites excluding steroid dienone is 1. The summed E-state index contributed by atoms with van der Waals surface area (Å²) in [5.41, 5.74) is 5.80. The second kappa shape index (κ2) is 5.30. The summed E-state index contributed by atoms with van der Waals surface area (Å²) in [6, 6.07) is 17.3. The lowest BCUT2D eigenvalue weighted by atomic mass is 10.0. The first-order chi connectivity index (χ1) is 10.3. The Hall–Kier alpha value is -1.61. The van der Waals surface area contributed by atoms with E-state index in [9.17, 15) is 0 Å². The van der Waals surface area contributed by atoms with Gasteiger partial charge in [0.25, 0.3) is 0 Å². The van der Waals surface area contributed by atoms with Gasteiger partial charge in [-0.05, 0) is 64.1 Å². The minimum absolute atomic E-state index is 1.15. The van der Waals surface area contributed by atoms with Gasteiger partial charge in [-0.15, -0.1) is 17.1 Å². The third-order valence-corrected chi connectivity index (χ3v) is 5.36. The molecule has 0 saturated heterocycles. The number of thiophene rings is 1. The van der Waals surface area contributed by atoms with Crippen LogP contribution in [0.4, 0.5) is 0 Å². The van der Waals surface area contributed by atoms with E-state index in [4.69, 9.17) is 0 Å². The molecule has 3 aromatic rings. The third kappa shape index (κ3) is 2.40. The van der Waals surface area contributed by atoms with Crippen molar-refractivity contribution in [3.05, 3.63) is 73.7 Å². The number of fused-ring (bicyclic) bond motifs is 3. The van der Waals surface area contributed by atoms with E-state index >= 15 is 0 Å². The van der Waals surface area contributed by atoms with Crippen LogP contribution in [0.2, 0.25) is 0 Å². The van der Waals surface area contributed by atoms with Crippen LogP contribution in [0.15, 0.2) is 63.9 Å². The number of rotatable bonds is 1. The van der Waals surface area contributed by atoms with Crippen molar-refractivity contribution in [3.63, 3.8) is 0 Å². The van der Waals surface area contributed by atoms with Gasteiger partial charge in [0.2, 0.25) is 0 Å². The van der Waals surface area contributed by atoms with E-state index < -0.39 is 0 Å². The highest BCUT2D eigenvalue weighted by molar-refractivity contribution is 14.1. The Morgan fingerprint density at radius 2 is 1.81 bits per heavy atom. The Morgan fingerprint density at radius 1 is 0.952 bits per heavy atom. The molecule has 1 heterocycles. The highest BCUT2D eigenvalue weighted by Crippen LogP contribution is 2.24. The van der Waals surface area contributed by atoms with Crippen LogP contribution in [0, 0.1) is 0 Å². The number of hydrogen-bond donors (Lipinski definition) is 0. The minimum Gasteiger partial charge on any atom is -0.135 e. The van der Waals surface area contributed by atoms with Gasteiger partial charge in [0, 0.05) is 19.8 Å². The maximum absolute atomic E-state index is 3.26. The maximum atomic E-state index is 3.26. The van der Waals surface area contributed by atoms with Gasteiger partial charge in [-0.2, -0.15) is 0 Å². The van der Waals surface area contributed by atoms with Crippen LogP contribution in [0.3, 0.4) is 0 Å². The molecule has 0 atom stereocenters. The molecule has 2 aromatic carbocycles. The Balaban J connectivity index is 2.04. The van der Waals surface area contributed by atoms with Gasteiger partial charge in [-0.1, -0.05) is 36.4 Å². The summed E-state index contributed by atoms with van der Waals surface area (Å²) in [4.78, 5) is 0. The van der Waals surface area contributed by atoms with Gasteiger partial charge >= 0.3 is 0 Å². The summed E-state index contributed by atoms with van der Waals surface area (Å²) < 4.78 is 3.80. The zero-order chi connectivity index (χ0) is 14.2. The SMILES string of the molecule is IC1=C=CC=c2sc3ccc(-c4ccccc4)cc3c2=C1. The van der Waals surface area contributed by atoms with Crippen LogP contribution >= 0.6 is 33.9 Å². The van der Waals surface area contributed by atoms with Crippen molar-refractivity contribution in [2.45, 2.75) is 0 Å². The standard InChI is InChI=1S/C19H11IS/c20-15-7-4-8-18-17(12-15)16-11-14(9-10-19(16)21-18)13-5-2-1-3-6-13/h1-6,8-12H. The lowest BCUT2D eigenvalue weighted by Gasteiger charge is -2.01. The van der Waals surface area contributed by atoms with E-state index in [-0.39, 0.29) is 0 Å². The fraction of sp³-hybridized carbons (Fsp3) is 0. The molecule has 100 valence electrons. The van der Waals surface area contributed by atoms with Gasteiger partial charge in [0.15, 0.2) is 0 Å². The maximum Gasteiger partial charge on any atom is 0.0555 e. The molecule has 1 aliphatic carbocycles. The van der Waals surface area contributed by atoms with Crippen LogP contribution in [0.25, 0.3) is 33.4 Å². The molecule has 21 heavy (non-hydrogen) atoms. The smallest absolute Gasteiger partial charge is 0.0555 e. The molecule has 0 radical (unpaired) electrons.